The van der Waals surface area contributed by atoms with E-state index in [2.05, 4.69) is 146 Å². The Labute approximate surface area is 302 Å². The molecule has 1 saturated heterocycles. The summed E-state index contributed by atoms with van der Waals surface area (Å²) in [5.74, 6) is 1.39. The molecule has 0 N–H and O–H groups in total. The Hall–Kier alpha value is -3.31. The molecule has 0 aliphatic carbocycles. The van der Waals surface area contributed by atoms with Crippen LogP contribution in [0, 0.1) is 83.1 Å². The van der Waals surface area contributed by atoms with E-state index in [1.54, 1.807) is 0 Å². The van der Waals surface area contributed by atoms with E-state index >= 15 is 0 Å². The number of guanidine groups is 1. The van der Waals surface area contributed by atoms with Crippen molar-refractivity contribution in [2.75, 3.05) is 42.6 Å². The molecule has 1 fully saturated rings. The Balaban J connectivity index is 0.00000260. The summed E-state index contributed by atoms with van der Waals surface area (Å²) in [4.78, 5) is 5.40. The van der Waals surface area contributed by atoms with Crippen molar-refractivity contribution in [3.63, 3.8) is 0 Å². The van der Waals surface area contributed by atoms with Gasteiger partial charge in [0.2, 0.25) is 0 Å². The highest BCUT2D eigenvalue weighted by atomic mass is 35.5. The Morgan fingerprint density at radius 2 is 0.896 bits per heavy atom. The number of aryl methyl sites for hydroxylation is 12. The van der Waals surface area contributed by atoms with Gasteiger partial charge >= 0.3 is 5.96 Å². The summed E-state index contributed by atoms with van der Waals surface area (Å²) >= 11 is 0. The van der Waals surface area contributed by atoms with Crippen LogP contribution < -0.4 is 39.1 Å². The minimum atomic E-state index is 0. The Bertz CT molecular complexity index is 1830. The van der Waals surface area contributed by atoms with E-state index in [1.807, 2.05) is 0 Å². The van der Waals surface area contributed by atoms with Crippen molar-refractivity contribution in [1.29, 1.82) is 0 Å². The van der Waals surface area contributed by atoms with Gasteiger partial charge in [-0.05, 0) is 116 Å². The number of benzene rings is 4. The smallest absolute Gasteiger partial charge is 0.463 e. The predicted molar refractivity (Wildman–Crippen MR) is 199 cm³/mol. The van der Waals surface area contributed by atoms with Crippen molar-refractivity contribution in [3.8, 4) is 0 Å². The van der Waals surface area contributed by atoms with E-state index in [-0.39, 0.29) is 24.8 Å². The number of nitrogens with zero attached hydrogens (tertiary/aromatic N) is 4. The molecule has 2 heterocycles. The van der Waals surface area contributed by atoms with Gasteiger partial charge in [0, 0.05) is 16.8 Å². The summed E-state index contributed by atoms with van der Waals surface area (Å²) in [6.45, 7) is 32.2. The van der Waals surface area contributed by atoms with E-state index in [0.29, 0.717) is 0 Å². The number of rotatable bonds is 4. The van der Waals surface area contributed by atoms with Crippen LogP contribution in [0.5, 0.6) is 0 Å². The van der Waals surface area contributed by atoms with Crippen LogP contribution in [-0.2, 0) is 0 Å². The molecule has 6 heteroatoms. The summed E-state index contributed by atoms with van der Waals surface area (Å²) in [5.41, 5.74) is 21.8. The van der Waals surface area contributed by atoms with Crippen LogP contribution in [0.4, 0.5) is 22.7 Å². The first-order valence-corrected chi connectivity index (χ1v) is 17.1. The topological polar surface area (TPSA) is 9.49 Å². The molecular formula is C42H54Cl2N4. The Kier molecular flexibility index (Phi) is 10.9. The second-order valence-electron chi connectivity index (χ2n) is 14.7. The van der Waals surface area contributed by atoms with Crippen LogP contribution in [-0.4, -0.2) is 43.4 Å². The summed E-state index contributed by atoms with van der Waals surface area (Å²) in [6.07, 6.45) is 0. The third-order valence-electron chi connectivity index (χ3n) is 10.4. The molecule has 4 aromatic carbocycles. The minimum absolute atomic E-state index is 0. The van der Waals surface area contributed by atoms with Crippen LogP contribution >= 0.6 is 0 Å². The molecule has 4 nitrogen and oxygen atoms in total. The van der Waals surface area contributed by atoms with E-state index in [1.165, 1.54) is 95.5 Å². The largest absolute Gasteiger partial charge is 1.00 e. The normalized spacial score (nSPS) is 17.6. The molecule has 0 aromatic heterocycles. The number of hydrogen-bond donors (Lipinski definition) is 0. The monoisotopic (exact) mass is 684 g/mol. The standard InChI is InChI=1S/C42H54N4.2ClH/c1-26-17-30(5)38(31(6)18-26)43-15-16-46(25-43,41-36(11)23-29(4)24-37(41)12)42-44(39-32(7)19-27(2)20-33(39)8)13-14-45(42)40-34(9)21-28(3)22-35(40)10;;/h17-24H,13-16,25H2,1-12H3;2*1H/q+2;;/p-2. The van der Waals surface area contributed by atoms with E-state index in [0.717, 1.165) is 37.3 Å². The molecule has 2 aliphatic heterocycles. The van der Waals surface area contributed by atoms with Gasteiger partial charge in [-0.2, -0.15) is 14.0 Å². The van der Waals surface area contributed by atoms with E-state index in [9.17, 15) is 0 Å². The third kappa shape index (κ3) is 6.28. The van der Waals surface area contributed by atoms with Gasteiger partial charge in [0.1, 0.15) is 31.0 Å². The highest BCUT2D eigenvalue weighted by Crippen LogP contribution is 2.43. The first kappa shape index (κ1) is 37.5. The van der Waals surface area contributed by atoms with Crippen LogP contribution in [0.2, 0.25) is 0 Å². The maximum Gasteiger partial charge on any atom is 0.463 e. The van der Waals surface area contributed by atoms with Crippen molar-refractivity contribution >= 4 is 28.7 Å². The number of quaternary nitrogens is 1. The third-order valence-corrected chi connectivity index (χ3v) is 10.4. The molecule has 48 heavy (non-hydrogen) atoms. The zero-order valence-electron chi connectivity index (χ0n) is 31.2. The maximum absolute atomic E-state index is 2.71. The van der Waals surface area contributed by atoms with Gasteiger partial charge in [0.25, 0.3) is 0 Å². The summed E-state index contributed by atoms with van der Waals surface area (Å²) in [7, 11) is 0. The molecule has 256 valence electrons. The zero-order valence-corrected chi connectivity index (χ0v) is 32.7. The van der Waals surface area contributed by atoms with Crippen LogP contribution in [0.15, 0.2) is 48.5 Å². The highest BCUT2D eigenvalue weighted by Gasteiger charge is 2.57. The van der Waals surface area contributed by atoms with Crippen molar-refractivity contribution < 1.29 is 29.4 Å². The number of hydrogen-bond acceptors (Lipinski definition) is 2. The lowest BCUT2D eigenvalue weighted by Crippen LogP contribution is -3.00. The van der Waals surface area contributed by atoms with Gasteiger partial charge in [0.05, 0.1) is 6.54 Å². The summed E-state index contributed by atoms with van der Waals surface area (Å²) in [5, 5.41) is 0. The zero-order chi connectivity index (χ0) is 33.2. The fourth-order valence-electron chi connectivity index (χ4n) is 9.50. The maximum atomic E-state index is 2.71. The Morgan fingerprint density at radius 3 is 1.35 bits per heavy atom. The summed E-state index contributed by atoms with van der Waals surface area (Å²) in [6, 6.07) is 19.0. The fraction of sp³-hybridized carbons (Fsp3) is 0.405. The molecule has 0 amide bonds. The lowest BCUT2D eigenvalue weighted by Gasteiger charge is -2.36. The molecule has 0 bridgehead atoms. The van der Waals surface area contributed by atoms with Crippen LogP contribution in [0.25, 0.3) is 0 Å². The second-order valence-corrected chi connectivity index (χ2v) is 14.7. The number of anilines is 2. The molecule has 0 spiro atoms. The van der Waals surface area contributed by atoms with Gasteiger partial charge in [0.15, 0.2) is 12.4 Å². The van der Waals surface area contributed by atoms with Gasteiger partial charge < -0.3 is 29.7 Å². The van der Waals surface area contributed by atoms with Crippen LogP contribution in [0.1, 0.15) is 66.8 Å². The molecule has 1 atom stereocenters. The molecule has 6 rings (SSSR count). The van der Waals surface area contributed by atoms with Gasteiger partial charge in [-0.25, -0.2) is 0 Å². The lowest BCUT2D eigenvalue weighted by molar-refractivity contribution is -0.434. The molecule has 1 unspecified atom stereocenters. The van der Waals surface area contributed by atoms with E-state index < -0.39 is 0 Å². The first-order chi connectivity index (χ1) is 21.7. The minimum Gasteiger partial charge on any atom is -1.00 e. The SMILES string of the molecule is Cc1cc(C)c(N2CC[N+](C3=[N+](c4c(C)cc(C)cc4C)CCN3c3c(C)cc(C)cc3C)(c3c(C)cc(C)cc3C)C2)c(C)c1.[Cl-].[Cl-]. The molecule has 2 aliphatic rings. The predicted octanol–water partition coefficient (Wildman–Crippen LogP) is 3.40. The Morgan fingerprint density at radius 1 is 0.500 bits per heavy atom. The van der Waals surface area contributed by atoms with Gasteiger partial charge in [-0.15, -0.1) is 0 Å². The lowest BCUT2D eigenvalue weighted by atomic mass is 10.0. The van der Waals surface area contributed by atoms with E-state index in [4.69, 9.17) is 0 Å². The van der Waals surface area contributed by atoms with Crippen molar-refractivity contribution in [2.45, 2.75) is 83.1 Å². The molecule has 4 aromatic rings. The molecule has 0 radical (unpaired) electrons. The number of halogens is 2. The van der Waals surface area contributed by atoms with Crippen molar-refractivity contribution in [2.24, 2.45) is 0 Å². The molecule has 0 saturated carbocycles. The molecular weight excluding hydrogens is 631 g/mol. The fourth-order valence-corrected chi connectivity index (χ4v) is 9.50. The van der Waals surface area contributed by atoms with Gasteiger partial charge in [-0.3, -0.25) is 0 Å². The second kappa shape index (κ2) is 13.9. The average Bonchev–Trinajstić information content (AvgIpc) is 3.52. The van der Waals surface area contributed by atoms with Crippen molar-refractivity contribution in [3.05, 3.63) is 115 Å². The highest BCUT2D eigenvalue weighted by molar-refractivity contribution is 6.04. The first-order valence-electron chi connectivity index (χ1n) is 17.1. The summed E-state index contributed by atoms with van der Waals surface area (Å²) < 4.78 is 3.50. The van der Waals surface area contributed by atoms with Gasteiger partial charge in [-0.1, -0.05) is 70.8 Å². The quantitative estimate of drug-likeness (QED) is 0.241. The van der Waals surface area contributed by atoms with Crippen molar-refractivity contribution in [1.82, 2.24) is 4.48 Å². The average molecular weight is 686 g/mol. The van der Waals surface area contributed by atoms with Crippen LogP contribution in [0.3, 0.4) is 0 Å².